The van der Waals surface area contributed by atoms with Crippen molar-refractivity contribution in [3.63, 3.8) is 0 Å². The van der Waals surface area contributed by atoms with E-state index in [4.69, 9.17) is 4.74 Å². The molecule has 2 aliphatic heterocycles. The van der Waals surface area contributed by atoms with E-state index in [0.29, 0.717) is 6.54 Å². The van der Waals surface area contributed by atoms with Gasteiger partial charge in [-0.3, -0.25) is 4.90 Å². The normalized spacial score (nSPS) is 23.6. The topological polar surface area (TPSA) is 44.8 Å². The molecule has 2 unspecified atom stereocenters. The van der Waals surface area contributed by atoms with Gasteiger partial charge in [0, 0.05) is 32.0 Å². The number of nitrogens with one attached hydrogen (secondary N) is 1. The highest BCUT2D eigenvalue weighted by molar-refractivity contribution is 5.75. The van der Waals surface area contributed by atoms with E-state index < -0.39 is 0 Å². The first-order valence-electron chi connectivity index (χ1n) is 8.56. The maximum atomic E-state index is 12.3. The Labute approximate surface area is 148 Å². The zero-order valence-corrected chi connectivity index (χ0v) is 14.8. The van der Waals surface area contributed by atoms with Gasteiger partial charge in [0.15, 0.2) is 0 Å². The second kappa shape index (κ2) is 5.69. The molecule has 2 aliphatic rings. The second-order valence-electron chi connectivity index (χ2n) is 6.92. The van der Waals surface area contributed by atoms with Crippen LogP contribution in [0.15, 0.2) is 48.5 Å². The summed E-state index contributed by atoms with van der Waals surface area (Å²) in [4.78, 5) is 16.2. The molecule has 130 valence electrons. The number of amides is 1. The number of benzene rings is 2. The number of hydrogen-bond acceptors (Lipinski definition) is 4. The SMILES string of the molecule is COC(=O)N1CCC2(c3ccc(N(C)C)cc3)c3ccccc3NC12. The van der Waals surface area contributed by atoms with Crippen molar-refractivity contribution in [3.05, 3.63) is 59.7 Å². The Balaban J connectivity index is 1.84. The fraction of sp³-hybridized carbons (Fsp3) is 0.350. The predicted molar refractivity (Wildman–Crippen MR) is 99.1 cm³/mol. The van der Waals surface area contributed by atoms with Gasteiger partial charge in [-0.25, -0.2) is 4.79 Å². The van der Waals surface area contributed by atoms with Gasteiger partial charge in [-0.05, 0) is 35.7 Å². The van der Waals surface area contributed by atoms with E-state index in [9.17, 15) is 4.79 Å². The minimum atomic E-state index is -0.280. The number of nitrogens with zero attached hydrogens (tertiary/aromatic N) is 2. The van der Waals surface area contributed by atoms with E-state index in [-0.39, 0.29) is 17.7 Å². The van der Waals surface area contributed by atoms with Crippen molar-refractivity contribution in [1.29, 1.82) is 0 Å². The van der Waals surface area contributed by atoms with Crippen molar-refractivity contribution in [2.75, 3.05) is 38.0 Å². The van der Waals surface area contributed by atoms with Gasteiger partial charge in [0.1, 0.15) is 6.17 Å². The molecule has 4 rings (SSSR count). The van der Waals surface area contributed by atoms with Gasteiger partial charge in [0.05, 0.1) is 12.5 Å². The lowest BCUT2D eigenvalue weighted by Gasteiger charge is -2.33. The molecule has 2 aromatic carbocycles. The van der Waals surface area contributed by atoms with Gasteiger partial charge < -0.3 is 15.0 Å². The Hall–Kier alpha value is -2.69. The quantitative estimate of drug-likeness (QED) is 0.914. The maximum Gasteiger partial charge on any atom is 0.411 e. The van der Waals surface area contributed by atoms with E-state index in [1.54, 1.807) is 4.90 Å². The summed E-state index contributed by atoms with van der Waals surface area (Å²) in [5, 5.41) is 3.55. The number of anilines is 2. The summed E-state index contributed by atoms with van der Waals surface area (Å²) < 4.78 is 5.01. The van der Waals surface area contributed by atoms with Crippen molar-refractivity contribution in [3.8, 4) is 0 Å². The minimum absolute atomic E-state index is 0.123. The van der Waals surface area contributed by atoms with Crippen molar-refractivity contribution in [1.82, 2.24) is 4.90 Å². The number of rotatable bonds is 2. The van der Waals surface area contributed by atoms with Gasteiger partial charge in [-0.1, -0.05) is 30.3 Å². The fourth-order valence-electron chi connectivity index (χ4n) is 4.29. The van der Waals surface area contributed by atoms with Crippen LogP contribution in [-0.2, 0) is 10.2 Å². The molecule has 2 heterocycles. The molecule has 2 aromatic rings. The summed E-state index contributed by atoms with van der Waals surface area (Å²) in [6, 6.07) is 17.0. The summed E-state index contributed by atoms with van der Waals surface area (Å²) in [5.41, 5.74) is 4.50. The van der Waals surface area contributed by atoms with Crippen molar-refractivity contribution < 1.29 is 9.53 Å². The molecule has 1 amide bonds. The van der Waals surface area contributed by atoms with Crippen molar-refractivity contribution in [2.45, 2.75) is 18.0 Å². The lowest BCUT2D eigenvalue weighted by atomic mass is 9.73. The Morgan fingerprint density at radius 2 is 1.92 bits per heavy atom. The van der Waals surface area contributed by atoms with E-state index >= 15 is 0 Å². The van der Waals surface area contributed by atoms with Crippen LogP contribution < -0.4 is 10.2 Å². The van der Waals surface area contributed by atoms with Crippen molar-refractivity contribution in [2.24, 2.45) is 0 Å². The van der Waals surface area contributed by atoms with Crippen LogP contribution in [-0.4, -0.2) is 44.9 Å². The Bertz CT molecular complexity index is 803. The van der Waals surface area contributed by atoms with Crippen molar-refractivity contribution >= 4 is 17.5 Å². The molecule has 1 N–H and O–H groups in total. The summed E-state index contributed by atoms with van der Waals surface area (Å²) >= 11 is 0. The lowest BCUT2D eigenvalue weighted by Crippen LogP contribution is -2.46. The van der Waals surface area contributed by atoms with Gasteiger partial charge in [0.25, 0.3) is 0 Å². The number of fused-ring (bicyclic) bond motifs is 3. The standard InChI is InChI=1S/C20H23N3O2/c1-22(2)15-10-8-14(9-11-15)20-12-13-23(19(24)25-3)18(20)21-17-7-5-4-6-16(17)20/h4-11,18,21H,12-13H2,1-3H3. The number of carbonyl (C=O) groups is 1. The third-order valence-electron chi connectivity index (χ3n) is 5.53. The molecule has 0 aromatic heterocycles. The van der Waals surface area contributed by atoms with E-state index in [2.05, 4.69) is 52.7 Å². The van der Waals surface area contributed by atoms with Gasteiger partial charge in [0.2, 0.25) is 0 Å². The van der Waals surface area contributed by atoms with Crippen LogP contribution >= 0.6 is 0 Å². The first kappa shape index (κ1) is 15.8. The largest absolute Gasteiger partial charge is 0.453 e. The molecular formula is C20H23N3O2. The zero-order valence-electron chi connectivity index (χ0n) is 14.8. The predicted octanol–water partition coefficient (Wildman–Crippen LogP) is 3.26. The highest BCUT2D eigenvalue weighted by Gasteiger charge is 2.56. The highest BCUT2D eigenvalue weighted by atomic mass is 16.5. The summed E-state index contributed by atoms with van der Waals surface area (Å²) in [6.07, 6.45) is 0.470. The van der Waals surface area contributed by atoms with Crippen LogP contribution in [0, 0.1) is 0 Å². The third-order valence-corrected chi connectivity index (χ3v) is 5.53. The molecule has 0 spiro atoms. The fourth-order valence-corrected chi connectivity index (χ4v) is 4.29. The molecule has 5 nitrogen and oxygen atoms in total. The molecule has 1 saturated heterocycles. The molecule has 5 heteroatoms. The van der Waals surface area contributed by atoms with Gasteiger partial charge in [-0.2, -0.15) is 0 Å². The summed E-state index contributed by atoms with van der Waals surface area (Å²) in [7, 11) is 5.52. The second-order valence-corrected chi connectivity index (χ2v) is 6.92. The average molecular weight is 337 g/mol. The number of ether oxygens (including phenoxy) is 1. The highest BCUT2D eigenvalue weighted by Crippen LogP contribution is 2.52. The molecule has 25 heavy (non-hydrogen) atoms. The maximum absolute atomic E-state index is 12.3. The summed E-state index contributed by atoms with van der Waals surface area (Å²) in [5.74, 6) is 0. The van der Waals surface area contributed by atoms with Crippen LogP contribution in [0.25, 0.3) is 0 Å². The van der Waals surface area contributed by atoms with Crippen LogP contribution in [0.1, 0.15) is 17.5 Å². The first-order valence-corrected chi connectivity index (χ1v) is 8.56. The number of para-hydroxylation sites is 1. The smallest absolute Gasteiger partial charge is 0.411 e. The number of likely N-dealkylation sites (tertiary alicyclic amines) is 1. The van der Waals surface area contributed by atoms with Crippen LogP contribution in [0.2, 0.25) is 0 Å². The monoisotopic (exact) mass is 337 g/mol. The lowest BCUT2D eigenvalue weighted by molar-refractivity contribution is 0.120. The number of methoxy groups -OCH3 is 1. The molecule has 2 atom stereocenters. The van der Waals surface area contributed by atoms with Gasteiger partial charge in [-0.15, -0.1) is 0 Å². The zero-order chi connectivity index (χ0) is 17.6. The molecule has 0 radical (unpaired) electrons. The van der Waals surface area contributed by atoms with Gasteiger partial charge >= 0.3 is 6.09 Å². The average Bonchev–Trinajstić information content (AvgIpc) is 3.16. The van der Waals surface area contributed by atoms with Crippen LogP contribution in [0.5, 0.6) is 0 Å². The Kier molecular flexibility index (Phi) is 3.60. The molecule has 0 aliphatic carbocycles. The Morgan fingerprint density at radius 1 is 1.20 bits per heavy atom. The minimum Gasteiger partial charge on any atom is -0.453 e. The van der Waals surface area contributed by atoms with Crippen LogP contribution in [0.3, 0.4) is 0 Å². The number of hydrogen-bond donors (Lipinski definition) is 1. The first-order chi connectivity index (χ1) is 12.1. The molecule has 1 fully saturated rings. The van der Waals surface area contributed by atoms with Crippen LogP contribution in [0.4, 0.5) is 16.2 Å². The van der Waals surface area contributed by atoms with E-state index in [1.165, 1.54) is 23.9 Å². The molecule has 0 bridgehead atoms. The molecule has 0 saturated carbocycles. The number of carbonyl (C=O) groups excluding carboxylic acids is 1. The van der Waals surface area contributed by atoms with E-state index in [1.807, 2.05) is 20.2 Å². The van der Waals surface area contributed by atoms with E-state index in [0.717, 1.165) is 12.1 Å². The Morgan fingerprint density at radius 3 is 2.60 bits per heavy atom. The molecular weight excluding hydrogens is 314 g/mol. The summed E-state index contributed by atoms with van der Waals surface area (Å²) in [6.45, 7) is 0.675. The third kappa shape index (κ3) is 2.18.